The number of aromatic nitrogens is 4. The fourth-order valence-corrected chi connectivity index (χ4v) is 3.20. The summed E-state index contributed by atoms with van der Waals surface area (Å²) in [5.74, 6) is 0.871. The van der Waals surface area contributed by atoms with Crippen LogP contribution in [-0.4, -0.2) is 33.1 Å². The molecule has 0 atom stereocenters. The Morgan fingerprint density at radius 1 is 1.14 bits per heavy atom. The number of hydrazone groups is 1. The van der Waals surface area contributed by atoms with Crippen LogP contribution in [-0.2, 0) is 7.05 Å². The van der Waals surface area contributed by atoms with Gasteiger partial charge in [-0.25, -0.2) is 5.43 Å². The molecule has 4 rings (SSSR count). The van der Waals surface area contributed by atoms with E-state index in [0.717, 1.165) is 22.2 Å². The molecule has 0 bridgehead atoms. The number of nitrogens with zero attached hydrogens (tertiary/aromatic N) is 4. The van der Waals surface area contributed by atoms with E-state index in [1.807, 2.05) is 26.1 Å². The maximum absolute atomic E-state index is 12.4. The van der Waals surface area contributed by atoms with Gasteiger partial charge in [-0.2, -0.15) is 5.10 Å². The zero-order valence-corrected chi connectivity index (χ0v) is 16.3. The van der Waals surface area contributed by atoms with Crippen molar-refractivity contribution in [3.63, 3.8) is 0 Å². The third-order valence-corrected chi connectivity index (χ3v) is 4.87. The van der Waals surface area contributed by atoms with Gasteiger partial charge in [0.1, 0.15) is 5.75 Å². The predicted molar refractivity (Wildman–Crippen MR) is 114 cm³/mol. The Hall–Kier alpha value is -3.94. The molecule has 0 fully saturated rings. The van der Waals surface area contributed by atoms with Gasteiger partial charge in [-0.15, -0.1) is 10.2 Å². The lowest BCUT2D eigenvalue weighted by molar-refractivity contribution is 0.415. The van der Waals surface area contributed by atoms with Crippen LogP contribution in [0.5, 0.6) is 5.75 Å². The number of aryl methyl sites for hydroxylation is 1. The van der Waals surface area contributed by atoms with E-state index >= 15 is 0 Å². The third kappa shape index (κ3) is 3.47. The Morgan fingerprint density at radius 3 is 2.62 bits per heavy atom. The molecule has 2 heterocycles. The molecule has 0 saturated carbocycles. The summed E-state index contributed by atoms with van der Waals surface area (Å²) in [5, 5.41) is 13.4. The van der Waals surface area contributed by atoms with E-state index in [0.29, 0.717) is 11.3 Å². The topological polar surface area (TPSA) is 97.2 Å². The van der Waals surface area contributed by atoms with Crippen LogP contribution in [0.3, 0.4) is 0 Å². The molecular formula is C21H20N6O2. The highest BCUT2D eigenvalue weighted by Gasteiger charge is 2.10. The number of fused-ring (bicyclic) bond motifs is 1. The number of methoxy groups -OCH3 is 1. The fraction of sp³-hybridized carbons (Fsp3) is 0.143. The van der Waals surface area contributed by atoms with Crippen LogP contribution >= 0.6 is 0 Å². The molecule has 4 aromatic rings. The Labute approximate surface area is 166 Å². The maximum Gasteiger partial charge on any atom is 0.279 e. The van der Waals surface area contributed by atoms with Crippen LogP contribution in [0.4, 0.5) is 5.95 Å². The van der Waals surface area contributed by atoms with Crippen molar-refractivity contribution >= 4 is 23.1 Å². The van der Waals surface area contributed by atoms with Gasteiger partial charge in [-0.1, -0.05) is 18.2 Å². The number of hydrogen-bond donors (Lipinski definition) is 2. The highest BCUT2D eigenvalue weighted by molar-refractivity contribution is 6.01. The molecule has 0 amide bonds. The number of para-hydroxylation sites is 1. The van der Waals surface area contributed by atoms with Crippen LogP contribution in [0.15, 0.2) is 58.4 Å². The zero-order chi connectivity index (χ0) is 20.4. The second-order valence-corrected chi connectivity index (χ2v) is 6.53. The molecule has 146 valence electrons. The lowest BCUT2D eigenvalue weighted by Gasteiger charge is -2.03. The summed E-state index contributed by atoms with van der Waals surface area (Å²) in [5.41, 5.74) is 6.49. The number of nitrogens with one attached hydrogen (secondary N) is 2. The lowest BCUT2D eigenvalue weighted by Crippen LogP contribution is -2.15. The Bertz CT molecular complexity index is 1250. The number of rotatable bonds is 5. The highest BCUT2D eigenvalue weighted by Crippen LogP contribution is 2.23. The zero-order valence-electron chi connectivity index (χ0n) is 16.3. The molecule has 0 radical (unpaired) electrons. The molecule has 0 aliphatic heterocycles. The average molecular weight is 388 g/mol. The molecule has 2 aromatic heterocycles. The summed E-state index contributed by atoms with van der Waals surface area (Å²) in [4.78, 5) is 15.0. The number of aromatic amines is 1. The van der Waals surface area contributed by atoms with Crippen LogP contribution in [0, 0.1) is 6.92 Å². The first-order valence-corrected chi connectivity index (χ1v) is 9.03. The van der Waals surface area contributed by atoms with Crippen molar-refractivity contribution < 1.29 is 4.74 Å². The van der Waals surface area contributed by atoms with Gasteiger partial charge in [0.15, 0.2) is 5.69 Å². The third-order valence-electron chi connectivity index (χ3n) is 4.87. The normalized spacial score (nSPS) is 11.3. The van der Waals surface area contributed by atoms with Gasteiger partial charge in [0.2, 0.25) is 5.95 Å². The first kappa shape index (κ1) is 18.4. The van der Waals surface area contributed by atoms with Crippen LogP contribution in [0.1, 0.15) is 11.3 Å². The monoisotopic (exact) mass is 388 g/mol. The minimum atomic E-state index is -0.357. The predicted octanol–water partition coefficient (Wildman–Crippen LogP) is 3.09. The van der Waals surface area contributed by atoms with Crippen molar-refractivity contribution in [3.8, 4) is 17.0 Å². The standard InChI is InChI=1S/C21H20N6O2/c1-13-17(16-6-4-5-7-18(16)27(13)2)12-22-25-21-23-20(28)19(24-26-21)14-8-10-15(29-3)11-9-14/h4-12H,1-3H3,(H2,23,25,26,28)/b22-12+. The van der Waals surface area contributed by atoms with Gasteiger partial charge in [0.25, 0.3) is 5.56 Å². The van der Waals surface area contributed by atoms with Crippen molar-refractivity contribution in [1.29, 1.82) is 0 Å². The van der Waals surface area contributed by atoms with E-state index in [-0.39, 0.29) is 17.2 Å². The SMILES string of the molecule is COc1ccc(-c2nnc(N/N=C/c3c(C)n(C)c4ccccc34)[nH]c2=O)cc1. The first-order chi connectivity index (χ1) is 14.1. The van der Waals surface area contributed by atoms with Gasteiger partial charge in [0, 0.05) is 34.8 Å². The smallest absolute Gasteiger partial charge is 0.279 e. The summed E-state index contributed by atoms with van der Waals surface area (Å²) in [6.45, 7) is 2.03. The molecule has 8 heteroatoms. The number of hydrogen-bond acceptors (Lipinski definition) is 6. The summed E-state index contributed by atoms with van der Waals surface area (Å²) >= 11 is 0. The Balaban J connectivity index is 1.56. The molecule has 8 nitrogen and oxygen atoms in total. The van der Waals surface area contributed by atoms with Crippen LogP contribution in [0.2, 0.25) is 0 Å². The summed E-state index contributed by atoms with van der Waals surface area (Å²) < 4.78 is 7.24. The second kappa shape index (κ2) is 7.59. The summed E-state index contributed by atoms with van der Waals surface area (Å²) in [7, 11) is 3.60. The molecule has 0 aliphatic carbocycles. The summed E-state index contributed by atoms with van der Waals surface area (Å²) in [6.07, 6.45) is 1.72. The minimum absolute atomic E-state index is 0.168. The quantitative estimate of drug-likeness (QED) is 0.404. The fourth-order valence-electron chi connectivity index (χ4n) is 3.20. The second-order valence-electron chi connectivity index (χ2n) is 6.53. The molecule has 29 heavy (non-hydrogen) atoms. The van der Waals surface area contributed by atoms with Crippen LogP contribution < -0.4 is 15.7 Å². The number of anilines is 1. The van der Waals surface area contributed by atoms with E-state index in [2.05, 4.69) is 42.4 Å². The van der Waals surface area contributed by atoms with Gasteiger partial charge >= 0.3 is 0 Å². The van der Waals surface area contributed by atoms with Crippen molar-refractivity contribution in [2.75, 3.05) is 12.5 Å². The molecule has 0 spiro atoms. The van der Waals surface area contributed by atoms with Gasteiger partial charge in [0.05, 0.1) is 13.3 Å². The molecule has 2 aromatic carbocycles. The van der Waals surface area contributed by atoms with Crippen molar-refractivity contribution in [2.45, 2.75) is 6.92 Å². The van der Waals surface area contributed by atoms with Crippen LogP contribution in [0.25, 0.3) is 22.2 Å². The van der Waals surface area contributed by atoms with Crippen molar-refractivity contribution in [3.05, 3.63) is 70.1 Å². The van der Waals surface area contributed by atoms with E-state index in [9.17, 15) is 4.79 Å². The maximum atomic E-state index is 12.4. The summed E-state index contributed by atoms with van der Waals surface area (Å²) in [6, 6.07) is 15.2. The average Bonchev–Trinajstić information content (AvgIpc) is 2.99. The minimum Gasteiger partial charge on any atom is -0.497 e. The Kier molecular flexibility index (Phi) is 4.82. The van der Waals surface area contributed by atoms with E-state index in [4.69, 9.17) is 4.74 Å². The molecule has 0 unspecified atom stereocenters. The molecule has 0 saturated heterocycles. The van der Waals surface area contributed by atoms with Crippen molar-refractivity contribution in [2.24, 2.45) is 12.1 Å². The highest BCUT2D eigenvalue weighted by atomic mass is 16.5. The number of ether oxygens (including phenoxy) is 1. The van der Waals surface area contributed by atoms with Gasteiger partial charge in [-0.05, 0) is 37.3 Å². The first-order valence-electron chi connectivity index (χ1n) is 9.03. The molecule has 0 aliphatic rings. The largest absolute Gasteiger partial charge is 0.497 e. The number of benzene rings is 2. The molecular weight excluding hydrogens is 368 g/mol. The lowest BCUT2D eigenvalue weighted by atomic mass is 10.1. The van der Waals surface area contributed by atoms with Gasteiger partial charge < -0.3 is 9.30 Å². The van der Waals surface area contributed by atoms with E-state index in [1.54, 1.807) is 37.6 Å². The molecule has 2 N–H and O–H groups in total. The van der Waals surface area contributed by atoms with E-state index in [1.165, 1.54) is 0 Å². The van der Waals surface area contributed by atoms with E-state index < -0.39 is 0 Å². The Morgan fingerprint density at radius 2 is 1.90 bits per heavy atom. The van der Waals surface area contributed by atoms with Gasteiger partial charge in [-0.3, -0.25) is 9.78 Å². The van der Waals surface area contributed by atoms with Crippen molar-refractivity contribution in [1.82, 2.24) is 19.7 Å². The number of H-pyrrole nitrogens is 1.